The summed E-state index contributed by atoms with van der Waals surface area (Å²) in [4.78, 5) is 0. The summed E-state index contributed by atoms with van der Waals surface area (Å²) in [5, 5.41) is 32.4. The van der Waals surface area contributed by atoms with Crippen molar-refractivity contribution in [2.24, 2.45) is 0 Å². The first-order chi connectivity index (χ1) is 15.3. The number of hydrogen-bond acceptors (Lipinski definition) is 4. The zero-order valence-electron chi connectivity index (χ0n) is 17.9. The van der Waals surface area contributed by atoms with Crippen molar-refractivity contribution in [2.45, 2.75) is 19.3 Å². The number of rotatable bonds is 9. The van der Waals surface area contributed by atoms with Gasteiger partial charge >= 0.3 is 0 Å². The van der Waals surface area contributed by atoms with E-state index in [1.54, 1.807) is 54.6 Å². The van der Waals surface area contributed by atoms with Crippen molar-refractivity contribution in [3.63, 3.8) is 0 Å². The number of benzene rings is 3. The molecule has 0 radical (unpaired) electrons. The molecule has 4 nitrogen and oxygen atoms in total. The number of phenols is 3. The average Bonchev–Trinajstić information content (AvgIpc) is 2.78. The third-order valence-corrected chi connectivity index (χ3v) is 8.39. The Morgan fingerprint density at radius 3 is 1.12 bits per heavy atom. The molecule has 0 atom stereocenters. The highest BCUT2D eigenvalue weighted by molar-refractivity contribution is 7.85. The Bertz CT molecular complexity index is 1080. The van der Waals surface area contributed by atoms with Crippen LogP contribution in [-0.2, 0) is 23.8 Å². The Hall–Kier alpha value is -3.49. The van der Waals surface area contributed by atoms with Gasteiger partial charge in [0.1, 0.15) is 17.2 Å². The zero-order chi connectivity index (χ0) is 23.3. The van der Waals surface area contributed by atoms with Crippen molar-refractivity contribution in [3.05, 3.63) is 109 Å². The number of phenolic OH excluding ortho intramolecular Hbond substituents is 3. The van der Waals surface area contributed by atoms with E-state index in [-0.39, 0.29) is 17.2 Å². The zero-order valence-corrected chi connectivity index (χ0v) is 18.8. The molecule has 0 saturated carbocycles. The Balaban J connectivity index is 2.33. The third-order valence-electron chi connectivity index (χ3n) is 5.37. The lowest BCUT2D eigenvalue weighted by molar-refractivity contribution is 0.469. The van der Waals surface area contributed by atoms with Crippen LogP contribution in [0, 0.1) is 0 Å². The van der Waals surface area contributed by atoms with E-state index in [0.29, 0.717) is 51.9 Å². The predicted octanol–water partition coefficient (Wildman–Crippen LogP) is 4.63. The number of allylic oxidation sites excluding steroid dienone is 3. The smallest absolute Gasteiger partial charge is 0.171 e. The molecular weight excluding hydrogens is 419 g/mol. The lowest BCUT2D eigenvalue weighted by Crippen LogP contribution is -2.26. The highest BCUT2D eigenvalue weighted by Crippen LogP contribution is 2.45. The van der Waals surface area contributed by atoms with Crippen LogP contribution in [0.4, 0.5) is 0 Å². The van der Waals surface area contributed by atoms with Gasteiger partial charge in [0.2, 0.25) is 0 Å². The van der Waals surface area contributed by atoms with E-state index in [1.165, 1.54) is 18.2 Å². The molecule has 32 heavy (non-hydrogen) atoms. The van der Waals surface area contributed by atoms with Crippen molar-refractivity contribution in [1.82, 2.24) is 0 Å². The Kier molecular flexibility index (Phi) is 7.07. The van der Waals surface area contributed by atoms with E-state index >= 15 is 0 Å². The van der Waals surface area contributed by atoms with Gasteiger partial charge in [-0.2, -0.15) is 0 Å². The molecule has 0 aromatic heterocycles. The largest absolute Gasteiger partial charge is 0.508 e. The SMILES string of the molecule is C=CCc1cc(P(=O)(c2ccc(O)c(CC=C)c2)c2ccc(O)c(CC=C)c2)ccc1O. The standard InChI is InChI=1S/C27H27O4P/c1-4-7-19-16-22(10-13-25(19)28)32(31,23-11-14-26(29)20(17-23)8-5-2)24-12-15-27(30)21(18-24)9-6-3/h4-6,10-18,28-30H,1-3,7-9H2. The van der Waals surface area contributed by atoms with Crippen molar-refractivity contribution in [1.29, 1.82) is 0 Å². The average molecular weight is 446 g/mol. The normalized spacial score (nSPS) is 11.1. The minimum atomic E-state index is -3.42. The number of hydrogen-bond donors (Lipinski definition) is 3. The van der Waals surface area contributed by atoms with Crippen LogP contribution < -0.4 is 15.9 Å². The van der Waals surface area contributed by atoms with E-state index in [4.69, 9.17) is 0 Å². The van der Waals surface area contributed by atoms with E-state index in [1.807, 2.05) is 0 Å². The highest BCUT2D eigenvalue weighted by Gasteiger charge is 2.31. The fourth-order valence-electron chi connectivity index (χ4n) is 3.71. The van der Waals surface area contributed by atoms with Gasteiger partial charge in [-0.25, -0.2) is 0 Å². The molecule has 3 aromatic rings. The van der Waals surface area contributed by atoms with E-state index in [9.17, 15) is 19.9 Å². The molecule has 0 fully saturated rings. The Morgan fingerprint density at radius 2 is 0.875 bits per heavy atom. The van der Waals surface area contributed by atoms with E-state index < -0.39 is 7.14 Å². The van der Waals surface area contributed by atoms with Gasteiger partial charge in [-0.15, -0.1) is 19.7 Å². The lowest BCUT2D eigenvalue weighted by Gasteiger charge is -2.22. The fourth-order valence-corrected chi connectivity index (χ4v) is 6.47. The first-order valence-corrected chi connectivity index (χ1v) is 12.0. The van der Waals surface area contributed by atoms with Crippen LogP contribution in [0.25, 0.3) is 0 Å². The van der Waals surface area contributed by atoms with Crippen LogP contribution in [0.2, 0.25) is 0 Å². The molecule has 5 heteroatoms. The summed E-state index contributed by atoms with van der Waals surface area (Å²) in [6.07, 6.45) is 6.30. The molecule has 0 heterocycles. The molecule has 0 unspecified atom stereocenters. The van der Waals surface area contributed by atoms with Crippen molar-refractivity contribution in [2.75, 3.05) is 0 Å². The Morgan fingerprint density at radius 1 is 0.594 bits per heavy atom. The van der Waals surface area contributed by atoms with Gasteiger partial charge in [-0.3, -0.25) is 0 Å². The molecule has 3 N–H and O–H groups in total. The van der Waals surface area contributed by atoms with Gasteiger partial charge in [0, 0.05) is 15.9 Å². The number of aromatic hydroxyl groups is 3. The molecule has 164 valence electrons. The molecule has 3 rings (SSSR count). The van der Waals surface area contributed by atoms with E-state index in [0.717, 1.165) is 0 Å². The van der Waals surface area contributed by atoms with Crippen LogP contribution in [0.3, 0.4) is 0 Å². The first kappa shape index (κ1) is 23.2. The first-order valence-electron chi connectivity index (χ1n) is 10.2. The molecule has 0 aliphatic rings. The van der Waals surface area contributed by atoms with Crippen LogP contribution >= 0.6 is 7.14 Å². The van der Waals surface area contributed by atoms with Crippen molar-refractivity contribution in [3.8, 4) is 17.2 Å². The minimum absolute atomic E-state index is 0.108. The quantitative estimate of drug-likeness (QED) is 0.331. The summed E-state index contributed by atoms with van der Waals surface area (Å²) in [7, 11) is -3.42. The van der Waals surface area contributed by atoms with Crippen LogP contribution in [0.15, 0.2) is 92.6 Å². The van der Waals surface area contributed by atoms with Gasteiger partial charge in [0.05, 0.1) is 0 Å². The third kappa shape index (κ3) is 4.42. The highest BCUT2D eigenvalue weighted by atomic mass is 31.2. The summed E-state index contributed by atoms with van der Waals surface area (Å²) in [5.74, 6) is 0.323. The second-order valence-electron chi connectivity index (χ2n) is 7.53. The van der Waals surface area contributed by atoms with Crippen LogP contribution in [0.5, 0.6) is 17.2 Å². The Labute approximate surface area is 188 Å². The van der Waals surface area contributed by atoms with Gasteiger partial charge in [0.25, 0.3) is 0 Å². The van der Waals surface area contributed by atoms with Gasteiger partial charge in [-0.1, -0.05) is 18.2 Å². The molecular formula is C27H27O4P. The van der Waals surface area contributed by atoms with Gasteiger partial charge < -0.3 is 19.9 Å². The second-order valence-corrected chi connectivity index (χ2v) is 10.3. The van der Waals surface area contributed by atoms with Gasteiger partial charge in [-0.05, 0) is 90.6 Å². The molecule has 0 spiro atoms. The lowest BCUT2D eigenvalue weighted by atomic mass is 10.1. The van der Waals surface area contributed by atoms with Crippen molar-refractivity contribution >= 4 is 23.1 Å². The topological polar surface area (TPSA) is 77.8 Å². The molecule has 0 aliphatic carbocycles. The summed E-state index contributed by atoms with van der Waals surface area (Å²) >= 11 is 0. The van der Waals surface area contributed by atoms with Crippen LogP contribution in [-0.4, -0.2) is 15.3 Å². The maximum atomic E-state index is 14.9. The molecule has 0 aliphatic heterocycles. The monoisotopic (exact) mass is 446 g/mol. The van der Waals surface area contributed by atoms with E-state index in [2.05, 4.69) is 19.7 Å². The molecule has 3 aromatic carbocycles. The fraction of sp³-hybridized carbons (Fsp3) is 0.111. The minimum Gasteiger partial charge on any atom is -0.508 e. The summed E-state index contributed by atoms with van der Waals surface area (Å²) in [6, 6.07) is 14.8. The molecule has 0 saturated heterocycles. The molecule has 0 amide bonds. The van der Waals surface area contributed by atoms with Crippen LogP contribution in [0.1, 0.15) is 16.7 Å². The van der Waals surface area contributed by atoms with Crippen molar-refractivity contribution < 1.29 is 19.9 Å². The second kappa shape index (κ2) is 9.76. The summed E-state index contributed by atoms with van der Waals surface area (Å²) in [5.41, 5.74) is 1.86. The maximum absolute atomic E-state index is 14.9. The molecule has 0 bridgehead atoms. The summed E-state index contributed by atoms with van der Waals surface area (Å²) in [6.45, 7) is 11.2. The maximum Gasteiger partial charge on any atom is 0.171 e. The van der Waals surface area contributed by atoms with Gasteiger partial charge in [0.15, 0.2) is 7.14 Å². The predicted molar refractivity (Wildman–Crippen MR) is 133 cm³/mol. The summed E-state index contributed by atoms with van der Waals surface area (Å²) < 4.78 is 14.9.